The van der Waals surface area contributed by atoms with Crippen LogP contribution >= 0.6 is 0 Å². The van der Waals surface area contributed by atoms with Gasteiger partial charge in [0.1, 0.15) is 11.2 Å². The monoisotopic (exact) mass is 927 g/mol. The van der Waals surface area contributed by atoms with E-state index >= 15 is 0 Å². The van der Waals surface area contributed by atoms with Crippen LogP contribution in [0.1, 0.15) is 52.7 Å². The van der Waals surface area contributed by atoms with Crippen LogP contribution < -0.4 is 4.90 Å². The number of hydrogen-bond donors (Lipinski definition) is 0. The van der Waals surface area contributed by atoms with E-state index in [-0.39, 0.29) is 10.8 Å². The largest absolute Gasteiger partial charge is 0.455 e. The molecule has 0 N–H and O–H groups in total. The van der Waals surface area contributed by atoms with Gasteiger partial charge in [-0.2, -0.15) is 0 Å². The van der Waals surface area contributed by atoms with Gasteiger partial charge in [-0.1, -0.05) is 242 Å². The Morgan fingerprint density at radius 1 is 0.319 bits per heavy atom. The maximum absolute atomic E-state index is 6.62. The van der Waals surface area contributed by atoms with E-state index in [1.54, 1.807) is 0 Å². The van der Waals surface area contributed by atoms with Crippen molar-refractivity contribution in [2.24, 2.45) is 0 Å². The van der Waals surface area contributed by atoms with E-state index in [0.29, 0.717) is 0 Å². The zero-order valence-corrected chi connectivity index (χ0v) is 41.9. The third-order valence-electron chi connectivity index (χ3n) is 14.6. The Morgan fingerprint density at radius 2 is 0.847 bits per heavy atom. The highest BCUT2D eigenvalue weighted by molar-refractivity contribution is 6.11. The average Bonchev–Trinajstić information content (AvgIpc) is 3.79. The first-order valence-corrected chi connectivity index (χ1v) is 25.2. The molecule has 11 aromatic carbocycles. The third kappa shape index (κ3) is 8.13. The SMILES string of the molecule is CC(C)(C)c1cc(-c2cccc3cccc(-c4ccccc4N(c4ccc(-c5ccc(-c6cccc7ccccc67)cc5)cc4)c4cccc(-c5cccc6c5oc5ccccc56)c4)c23)cc(C(C)(C)C)c1. The fourth-order valence-electron chi connectivity index (χ4n) is 10.7. The van der Waals surface area contributed by atoms with Gasteiger partial charge in [-0.3, -0.25) is 0 Å². The maximum Gasteiger partial charge on any atom is 0.143 e. The summed E-state index contributed by atoms with van der Waals surface area (Å²) in [5, 5.41) is 7.20. The molecule has 0 aliphatic rings. The molecule has 0 saturated carbocycles. The van der Waals surface area contributed by atoms with Crippen LogP contribution in [0.4, 0.5) is 17.1 Å². The van der Waals surface area contributed by atoms with Crippen LogP contribution in [0.25, 0.3) is 99.1 Å². The Bertz CT molecular complexity index is 3950. The maximum atomic E-state index is 6.62. The normalized spacial score (nSPS) is 12.0. The quantitative estimate of drug-likeness (QED) is 0.151. The van der Waals surface area contributed by atoms with Crippen LogP contribution in [0.5, 0.6) is 0 Å². The Labute approximate surface area is 423 Å². The lowest BCUT2D eigenvalue weighted by atomic mass is 9.78. The molecule has 348 valence electrons. The summed E-state index contributed by atoms with van der Waals surface area (Å²) < 4.78 is 6.62. The smallest absolute Gasteiger partial charge is 0.143 e. The molecule has 12 aromatic rings. The lowest BCUT2D eigenvalue weighted by Gasteiger charge is -2.29. The van der Waals surface area contributed by atoms with Gasteiger partial charge >= 0.3 is 0 Å². The van der Waals surface area contributed by atoms with Gasteiger partial charge in [-0.25, -0.2) is 0 Å². The number of rotatable bonds is 8. The number of anilines is 3. The molecule has 12 rings (SSSR count). The molecule has 1 aromatic heterocycles. The topological polar surface area (TPSA) is 16.4 Å². The molecule has 0 amide bonds. The number of nitrogens with zero attached hydrogens (tertiary/aromatic N) is 1. The summed E-state index contributed by atoms with van der Waals surface area (Å²) in [6.07, 6.45) is 0. The van der Waals surface area contributed by atoms with Gasteiger partial charge in [0.05, 0.1) is 5.69 Å². The van der Waals surface area contributed by atoms with Crippen LogP contribution in [0.15, 0.2) is 241 Å². The van der Waals surface area contributed by atoms with Crippen molar-refractivity contribution in [1.82, 2.24) is 0 Å². The number of para-hydroxylation sites is 3. The summed E-state index contributed by atoms with van der Waals surface area (Å²) in [7, 11) is 0. The Morgan fingerprint density at radius 3 is 1.58 bits per heavy atom. The van der Waals surface area contributed by atoms with E-state index < -0.39 is 0 Å². The molecule has 0 fully saturated rings. The van der Waals surface area contributed by atoms with E-state index in [4.69, 9.17) is 4.42 Å². The van der Waals surface area contributed by atoms with Crippen LogP contribution in [0, 0.1) is 0 Å². The standard InChI is InChI=1S/C70H57NO/c1-69(2,3)53-42-52(43-54(45-53)70(4,5)6)59-28-15-20-50-21-16-30-63(67(50)59)61-25-9-11-32-65(61)71(56-23-13-22-51(44-56)60-29-17-31-64-62-26-10-12-33-66(62)72-68(60)64)55-40-38-47(39-41-55)46-34-36-49(37-35-46)58-27-14-19-48-18-7-8-24-57(48)58/h7-45H,1-6H3. The Kier molecular flexibility index (Phi) is 11.0. The second-order valence-corrected chi connectivity index (χ2v) is 21.3. The number of furan rings is 1. The van der Waals surface area contributed by atoms with E-state index in [1.165, 1.54) is 66.1 Å². The molecular formula is C70H57NO. The highest BCUT2D eigenvalue weighted by atomic mass is 16.3. The van der Waals surface area contributed by atoms with Crippen LogP contribution in [-0.4, -0.2) is 0 Å². The first kappa shape index (κ1) is 44.7. The molecule has 72 heavy (non-hydrogen) atoms. The summed E-state index contributed by atoms with van der Waals surface area (Å²) >= 11 is 0. The van der Waals surface area contributed by atoms with Crippen molar-refractivity contribution in [2.45, 2.75) is 52.4 Å². The lowest BCUT2D eigenvalue weighted by molar-refractivity contribution is 0.569. The second-order valence-electron chi connectivity index (χ2n) is 21.3. The van der Waals surface area contributed by atoms with Crippen LogP contribution in [-0.2, 0) is 10.8 Å². The molecule has 0 radical (unpaired) electrons. The highest BCUT2D eigenvalue weighted by Gasteiger charge is 2.24. The minimum absolute atomic E-state index is 0.0164. The van der Waals surface area contributed by atoms with Gasteiger partial charge in [-0.15, -0.1) is 0 Å². The van der Waals surface area contributed by atoms with Crippen LogP contribution in [0.3, 0.4) is 0 Å². The molecule has 2 nitrogen and oxygen atoms in total. The highest BCUT2D eigenvalue weighted by Crippen LogP contribution is 2.47. The van der Waals surface area contributed by atoms with Gasteiger partial charge in [0.15, 0.2) is 0 Å². The summed E-state index contributed by atoms with van der Waals surface area (Å²) in [5.41, 5.74) is 19.4. The second kappa shape index (κ2) is 17.7. The molecule has 0 aliphatic heterocycles. The van der Waals surface area contributed by atoms with Gasteiger partial charge in [0.2, 0.25) is 0 Å². The van der Waals surface area contributed by atoms with Crippen molar-refractivity contribution in [3.8, 4) is 55.6 Å². The first-order valence-electron chi connectivity index (χ1n) is 25.2. The van der Waals surface area contributed by atoms with Crippen molar-refractivity contribution >= 4 is 60.5 Å². The number of fused-ring (bicyclic) bond motifs is 5. The number of hydrogen-bond acceptors (Lipinski definition) is 2. The molecular weight excluding hydrogens is 871 g/mol. The number of benzene rings is 11. The fraction of sp³-hybridized carbons (Fsp3) is 0.114. The summed E-state index contributed by atoms with van der Waals surface area (Å²) in [6, 6.07) is 86.8. The van der Waals surface area contributed by atoms with E-state index in [2.05, 4.69) is 277 Å². The molecule has 2 heteroatoms. The molecule has 1 heterocycles. The van der Waals surface area contributed by atoms with Gasteiger partial charge in [-0.05, 0) is 124 Å². The molecule has 0 saturated heterocycles. The minimum atomic E-state index is -0.0164. The van der Waals surface area contributed by atoms with Crippen molar-refractivity contribution in [1.29, 1.82) is 0 Å². The van der Waals surface area contributed by atoms with E-state index in [1.807, 2.05) is 6.07 Å². The summed E-state index contributed by atoms with van der Waals surface area (Å²) in [5.74, 6) is 0. The van der Waals surface area contributed by atoms with Crippen molar-refractivity contribution in [3.05, 3.63) is 248 Å². The average molecular weight is 928 g/mol. The zero-order chi connectivity index (χ0) is 49.1. The predicted octanol–water partition coefficient (Wildman–Crippen LogP) is 20.3. The van der Waals surface area contributed by atoms with E-state index in [0.717, 1.165) is 61.3 Å². The fourth-order valence-corrected chi connectivity index (χ4v) is 10.7. The molecule has 0 unspecified atom stereocenters. The lowest BCUT2D eigenvalue weighted by Crippen LogP contribution is -2.16. The summed E-state index contributed by atoms with van der Waals surface area (Å²) in [4.78, 5) is 2.43. The first-order chi connectivity index (χ1) is 35.0. The predicted molar refractivity (Wildman–Crippen MR) is 308 cm³/mol. The van der Waals surface area contributed by atoms with Crippen molar-refractivity contribution < 1.29 is 4.42 Å². The van der Waals surface area contributed by atoms with Gasteiger partial charge < -0.3 is 9.32 Å². The molecule has 0 atom stereocenters. The van der Waals surface area contributed by atoms with Gasteiger partial charge in [0.25, 0.3) is 0 Å². The van der Waals surface area contributed by atoms with Crippen molar-refractivity contribution in [2.75, 3.05) is 4.90 Å². The Balaban J connectivity index is 1.02. The minimum Gasteiger partial charge on any atom is -0.455 e. The van der Waals surface area contributed by atoms with Gasteiger partial charge in [0, 0.05) is 33.3 Å². The zero-order valence-electron chi connectivity index (χ0n) is 41.9. The molecule has 0 bridgehead atoms. The molecule has 0 spiro atoms. The Hall–Kier alpha value is -8.46. The summed E-state index contributed by atoms with van der Waals surface area (Å²) in [6.45, 7) is 13.9. The molecule has 0 aliphatic carbocycles. The third-order valence-corrected chi connectivity index (χ3v) is 14.6. The van der Waals surface area contributed by atoms with E-state index in [9.17, 15) is 0 Å². The van der Waals surface area contributed by atoms with Crippen LogP contribution in [0.2, 0.25) is 0 Å². The van der Waals surface area contributed by atoms with Crippen molar-refractivity contribution in [3.63, 3.8) is 0 Å².